The number of ether oxygens (including phenoxy) is 1. The Kier molecular flexibility index (Phi) is 6.50. The van der Waals surface area contributed by atoms with Crippen molar-refractivity contribution in [1.29, 1.82) is 0 Å². The van der Waals surface area contributed by atoms with Gasteiger partial charge in [0, 0.05) is 6.54 Å². The van der Waals surface area contributed by atoms with E-state index in [1.807, 2.05) is 13.8 Å². The van der Waals surface area contributed by atoms with E-state index in [9.17, 15) is 9.59 Å². The fourth-order valence-electron chi connectivity index (χ4n) is 1.19. The molecule has 0 aliphatic rings. The van der Waals surface area contributed by atoms with Gasteiger partial charge < -0.3 is 14.5 Å². The Morgan fingerprint density at radius 2 is 2.05 bits per heavy atom. The molecule has 1 atom stereocenters. The first-order chi connectivity index (χ1) is 9.43. The second-order valence-corrected chi connectivity index (χ2v) is 5.78. The predicted octanol–water partition coefficient (Wildman–Crippen LogP) is 1.50. The fraction of sp³-hybridized carbons (Fsp3) is 0.667. The summed E-state index contributed by atoms with van der Waals surface area (Å²) in [4.78, 5) is 23.1. The van der Waals surface area contributed by atoms with Gasteiger partial charge in [0.1, 0.15) is 0 Å². The van der Waals surface area contributed by atoms with Crippen LogP contribution < -0.4 is 5.32 Å². The molecule has 0 aromatic carbocycles. The average molecular weight is 301 g/mol. The number of aromatic nitrogens is 2. The lowest BCUT2D eigenvalue weighted by Crippen LogP contribution is -2.33. The summed E-state index contributed by atoms with van der Waals surface area (Å²) in [6, 6.07) is 0. The van der Waals surface area contributed by atoms with Gasteiger partial charge in [0.15, 0.2) is 0 Å². The number of hydrogen-bond donors (Lipinski definition) is 1. The van der Waals surface area contributed by atoms with E-state index >= 15 is 0 Å². The number of esters is 1. The van der Waals surface area contributed by atoms with Gasteiger partial charge >= 0.3 is 11.9 Å². The second-order valence-electron chi connectivity index (χ2n) is 4.49. The number of nitrogens with zero attached hydrogens (tertiary/aromatic N) is 2. The average Bonchev–Trinajstić information content (AvgIpc) is 2.84. The number of nitrogens with one attached hydrogen (secondary N) is 1. The SMILES string of the molecule is CCOC(=O)c1nnc(SC(C)C(=O)NCC(C)C)o1. The smallest absolute Gasteiger partial charge is 0.396 e. The minimum atomic E-state index is -0.663. The standard InChI is InChI=1S/C12H19N3O4S/c1-5-18-11(17)10-14-15-12(19-10)20-8(4)9(16)13-6-7(2)3/h7-8H,5-6H2,1-4H3,(H,13,16). The molecule has 0 fully saturated rings. The Balaban J connectivity index is 2.51. The van der Waals surface area contributed by atoms with E-state index in [0.717, 1.165) is 11.8 Å². The first-order valence-corrected chi connectivity index (χ1v) is 7.27. The molecular weight excluding hydrogens is 282 g/mol. The lowest BCUT2D eigenvalue weighted by atomic mass is 10.2. The quantitative estimate of drug-likeness (QED) is 0.602. The van der Waals surface area contributed by atoms with Crippen LogP contribution in [0.5, 0.6) is 0 Å². The summed E-state index contributed by atoms with van der Waals surface area (Å²) in [7, 11) is 0. The number of hydrogen-bond acceptors (Lipinski definition) is 7. The number of carbonyl (C=O) groups is 2. The van der Waals surface area contributed by atoms with Crippen LogP contribution in [0.2, 0.25) is 0 Å². The zero-order valence-corrected chi connectivity index (χ0v) is 12.8. The molecule has 1 amide bonds. The number of rotatable bonds is 7. The van der Waals surface area contributed by atoms with Crippen molar-refractivity contribution in [3.05, 3.63) is 5.89 Å². The van der Waals surface area contributed by atoms with Crippen LogP contribution in [0.25, 0.3) is 0 Å². The van der Waals surface area contributed by atoms with Crippen molar-refractivity contribution in [2.45, 2.75) is 38.2 Å². The molecule has 1 aromatic rings. The van der Waals surface area contributed by atoms with E-state index in [1.54, 1.807) is 13.8 Å². The molecule has 0 aliphatic heterocycles. The maximum Gasteiger partial charge on any atom is 0.396 e. The number of amides is 1. The number of thioether (sulfide) groups is 1. The van der Waals surface area contributed by atoms with Crippen LogP contribution >= 0.6 is 11.8 Å². The van der Waals surface area contributed by atoms with Crippen LogP contribution in [0.3, 0.4) is 0 Å². The van der Waals surface area contributed by atoms with E-state index in [1.165, 1.54) is 0 Å². The largest absolute Gasteiger partial charge is 0.459 e. The molecule has 0 spiro atoms. The molecule has 1 heterocycles. The Morgan fingerprint density at radius 1 is 1.35 bits per heavy atom. The molecule has 1 unspecified atom stereocenters. The van der Waals surface area contributed by atoms with Crippen molar-refractivity contribution >= 4 is 23.6 Å². The second kappa shape index (κ2) is 7.88. The first-order valence-electron chi connectivity index (χ1n) is 6.39. The van der Waals surface area contributed by atoms with E-state index in [-0.39, 0.29) is 28.9 Å². The van der Waals surface area contributed by atoms with Gasteiger partial charge in [-0.15, -0.1) is 5.10 Å². The van der Waals surface area contributed by atoms with Gasteiger partial charge in [0.05, 0.1) is 11.9 Å². The zero-order chi connectivity index (χ0) is 15.1. The molecule has 0 saturated carbocycles. The van der Waals surface area contributed by atoms with Crippen molar-refractivity contribution in [2.24, 2.45) is 5.92 Å². The van der Waals surface area contributed by atoms with E-state index in [4.69, 9.17) is 9.15 Å². The van der Waals surface area contributed by atoms with Crippen molar-refractivity contribution in [1.82, 2.24) is 15.5 Å². The zero-order valence-electron chi connectivity index (χ0n) is 12.0. The van der Waals surface area contributed by atoms with Gasteiger partial charge in [-0.1, -0.05) is 30.7 Å². The molecule has 0 bridgehead atoms. The summed E-state index contributed by atoms with van der Waals surface area (Å²) < 4.78 is 9.87. The summed E-state index contributed by atoms with van der Waals surface area (Å²) in [5.41, 5.74) is 0. The Bertz CT molecular complexity index is 461. The maximum atomic E-state index is 11.8. The van der Waals surface area contributed by atoms with Gasteiger partial charge in [-0.05, 0) is 19.8 Å². The molecule has 0 radical (unpaired) electrons. The van der Waals surface area contributed by atoms with Crippen molar-refractivity contribution < 1.29 is 18.7 Å². The Hall–Kier alpha value is -1.57. The highest BCUT2D eigenvalue weighted by atomic mass is 32.2. The van der Waals surface area contributed by atoms with Gasteiger partial charge in [0.25, 0.3) is 5.22 Å². The fourth-order valence-corrected chi connectivity index (χ4v) is 1.89. The van der Waals surface area contributed by atoms with Crippen LogP contribution in [0, 0.1) is 5.92 Å². The minimum absolute atomic E-state index is 0.111. The molecule has 0 saturated heterocycles. The van der Waals surface area contributed by atoms with Crippen molar-refractivity contribution in [3.63, 3.8) is 0 Å². The van der Waals surface area contributed by atoms with Gasteiger partial charge in [0.2, 0.25) is 5.91 Å². The Labute approximate surface area is 121 Å². The van der Waals surface area contributed by atoms with Crippen LogP contribution in [-0.2, 0) is 9.53 Å². The van der Waals surface area contributed by atoms with Gasteiger partial charge in [-0.3, -0.25) is 4.79 Å². The molecular formula is C12H19N3O4S. The predicted molar refractivity (Wildman–Crippen MR) is 73.4 cm³/mol. The molecule has 1 aromatic heterocycles. The first kappa shape index (κ1) is 16.5. The molecule has 1 rings (SSSR count). The van der Waals surface area contributed by atoms with E-state index < -0.39 is 5.97 Å². The van der Waals surface area contributed by atoms with Crippen LogP contribution in [0.1, 0.15) is 38.4 Å². The molecule has 20 heavy (non-hydrogen) atoms. The van der Waals surface area contributed by atoms with Crippen LogP contribution in [-0.4, -0.2) is 40.5 Å². The summed E-state index contributed by atoms with van der Waals surface area (Å²) >= 11 is 1.10. The number of carbonyl (C=O) groups excluding carboxylic acids is 2. The van der Waals surface area contributed by atoms with E-state index in [2.05, 4.69) is 15.5 Å². The lowest BCUT2D eigenvalue weighted by molar-refractivity contribution is -0.120. The molecule has 0 aliphatic carbocycles. The van der Waals surface area contributed by atoms with Crippen molar-refractivity contribution in [2.75, 3.05) is 13.2 Å². The monoisotopic (exact) mass is 301 g/mol. The van der Waals surface area contributed by atoms with Crippen LogP contribution in [0.4, 0.5) is 0 Å². The highest BCUT2D eigenvalue weighted by molar-refractivity contribution is 8.00. The van der Waals surface area contributed by atoms with Crippen molar-refractivity contribution in [3.8, 4) is 0 Å². The molecule has 112 valence electrons. The molecule has 7 nitrogen and oxygen atoms in total. The third-order valence-electron chi connectivity index (χ3n) is 2.19. The van der Waals surface area contributed by atoms with Gasteiger partial charge in [-0.25, -0.2) is 4.79 Å². The van der Waals surface area contributed by atoms with E-state index in [0.29, 0.717) is 12.5 Å². The van der Waals surface area contributed by atoms with Crippen LogP contribution in [0.15, 0.2) is 9.64 Å². The third-order valence-corrected chi connectivity index (χ3v) is 3.12. The third kappa shape index (κ3) is 5.20. The molecule has 8 heteroatoms. The maximum absolute atomic E-state index is 11.8. The summed E-state index contributed by atoms with van der Waals surface area (Å²) in [6.07, 6.45) is 0. The highest BCUT2D eigenvalue weighted by Gasteiger charge is 2.21. The summed E-state index contributed by atoms with van der Waals surface area (Å²) in [6.45, 7) is 8.29. The molecule has 1 N–H and O–H groups in total. The lowest BCUT2D eigenvalue weighted by Gasteiger charge is -2.11. The summed E-state index contributed by atoms with van der Waals surface area (Å²) in [5.74, 6) is -0.595. The topological polar surface area (TPSA) is 94.3 Å². The normalized spacial score (nSPS) is 12.2. The summed E-state index contributed by atoms with van der Waals surface area (Å²) in [5, 5.41) is 9.87. The highest BCUT2D eigenvalue weighted by Crippen LogP contribution is 2.22. The van der Waals surface area contributed by atoms with Gasteiger partial charge in [-0.2, -0.15) is 0 Å². The Morgan fingerprint density at radius 3 is 2.65 bits per heavy atom. The minimum Gasteiger partial charge on any atom is -0.459 e.